The fourth-order valence-corrected chi connectivity index (χ4v) is 5.26. The van der Waals surface area contributed by atoms with Crippen molar-refractivity contribution in [2.45, 2.75) is 38.6 Å². The number of rotatable bonds is 5. The monoisotopic (exact) mass is 443 g/mol. The minimum Gasteiger partial charge on any atom is -0.442 e. The summed E-state index contributed by atoms with van der Waals surface area (Å²) in [4.78, 5) is 16.2. The summed E-state index contributed by atoms with van der Waals surface area (Å²) in [6, 6.07) is 8.96. The second kappa shape index (κ2) is 8.51. The molecule has 0 radical (unpaired) electrons. The van der Waals surface area contributed by atoms with E-state index in [9.17, 15) is 0 Å². The number of anilines is 3. The predicted octanol–water partition coefficient (Wildman–Crippen LogP) is 4.66. The predicted molar refractivity (Wildman–Crippen MR) is 130 cm³/mol. The SMILES string of the molecule is Cc1c(-c2cnco2)n(C2CCCC2)c2nc(Nc3ccc(N4CCNCC4)cc3)ncc12. The lowest BCUT2D eigenvalue weighted by atomic mass is 10.2. The van der Waals surface area contributed by atoms with Gasteiger partial charge in [0.15, 0.2) is 12.2 Å². The van der Waals surface area contributed by atoms with Gasteiger partial charge in [0.2, 0.25) is 5.95 Å². The van der Waals surface area contributed by atoms with Crippen molar-refractivity contribution in [2.24, 2.45) is 0 Å². The Morgan fingerprint density at radius 1 is 1.06 bits per heavy atom. The standard InChI is InChI=1S/C25H29N7O/c1-17-21-14-28-25(29-18-6-8-19(9-7-18)31-12-10-26-11-13-31)30-24(21)32(20-4-2-3-5-20)23(17)22-15-27-16-33-22/h6-9,14-16,20,26H,2-5,10-13H2,1H3,(H,28,29,30). The van der Waals surface area contributed by atoms with Crippen LogP contribution in [0.5, 0.6) is 0 Å². The van der Waals surface area contributed by atoms with Gasteiger partial charge in [-0.3, -0.25) is 0 Å². The second-order valence-electron chi connectivity index (χ2n) is 8.99. The van der Waals surface area contributed by atoms with E-state index in [1.54, 1.807) is 6.20 Å². The van der Waals surface area contributed by atoms with Crippen molar-refractivity contribution in [3.05, 3.63) is 48.6 Å². The van der Waals surface area contributed by atoms with Gasteiger partial charge in [-0.2, -0.15) is 4.98 Å². The summed E-state index contributed by atoms with van der Waals surface area (Å²) in [5, 5.41) is 7.87. The molecule has 3 aromatic heterocycles. The van der Waals surface area contributed by atoms with Crippen LogP contribution >= 0.6 is 0 Å². The van der Waals surface area contributed by atoms with Crippen LogP contribution in [-0.2, 0) is 0 Å². The molecule has 0 unspecified atom stereocenters. The first-order valence-electron chi connectivity index (χ1n) is 11.9. The van der Waals surface area contributed by atoms with Crippen LogP contribution in [0.2, 0.25) is 0 Å². The lowest BCUT2D eigenvalue weighted by Gasteiger charge is -2.29. The highest BCUT2D eigenvalue weighted by molar-refractivity contribution is 5.88. The lowest BCUT2D eigenvalue weighted by molar-refractivity contribution is 0.517. The van der Waals surface area contributed by atoms with Crippen molar-refractivity contribution in [3.63, 3.8) is 0 Å². The summed E-state index contributed by atoms with van der Waals surface area (Å²) in [7, 11) is 0. The molecule has 2 aliphatic rings. The molecule has 8 heteroatoms. The molecule has 1 saturated carbocycles. The molecule has 2 N–H and O–H groups in total. The molecule has 1 aliphatic carbocycles. The summed E-state index contributed by atoms with van der Waals surface area (Å²) < 4.78 is 8.07. The van der Waals surface area contributed by atoms with Crippen molar-refractivity contribution in [3.8, 4) is 11.5 Å². The van der Waals surface area contributed by atoms with E-state index in [2.05, 4.69) is 61.3 Å². The van der Waals surface area contributed by atoms with Gasteiger partial charge in [0, 0.05) is 55.2 Å². The number of oxazole rings is 1. The lowest BCUT2D eigenvalue weighted by Crippen LogP contribution is -2.43. The number of hydrogen-bond acceptors (Lipinski definition) is 7. The van der Waals surface area contributed by atoms with E-state index in [1.165, 1.54) is 24.9 Å². The third kappa shape index (κ3) is 3.74. The molecule has 0 atom stereocenters. The first kappa shape index (κ1) is 20.2. The molecule has 2 fully saturated rings. The Kier molecular flexibility index (Phi) is 5.22. The van der Waals surface area contributed by atoms with Crippen LogP contribution in [0.1, 0.15) is 37.3 Å². The number of fused-ring (bicyclic) bond motifs is 1. The fraction of sp³-hybridized carbons (Fsp3) is 0.400. The Morgan fingerprint density at radius 3 is 2.58 bits per heavy atom. The van der Waals surface area contributed by atoms with Crippen molar-refractivity contribution in [1.82, 2.24) is 24.8 Å². The first-order valence-corrected chi connectivity index (χ1v) is 11.9. The molecule has 4 heterocycles. The van der Waals surface area contributed by atoms with Gasteiger partial charge >= 0.3 is 0 Å². The molecule has 1 aliphatic heterocycles. The summed E-state index contributed by atoms with van der Waals surface area (Å²) in [6.07, 6.45) is 10.0. The third-order valence-corrected chi connectivity index (χ3v) is 6.96. The van der Waals surface area contributed by atoms with Gasteiger partial charge in [-0.15, -0.1) is 0 Å². The molecule has 0 amide bonds. The summed E-state index contributed by atoms with van der Waals surface area (Å²) in [6.45, 7) is 6.26. The molecule has 0 spiro atoms. The van der Waals surface area contributed by atoms with Crippen molar-refractivity contribution in [2.75, 3.05) is 36.4 Å². The van der Waals surface area contributed by atoms with Gasteiger partial charge in [-0.25, -0.2) is 9.97 Å². The zero-order valence-electron chi connectivity index (χ0n) is 18.9. The Balaban J connectivity index is 1.34. The highest BCUT2D eigenvalue weighted by atomic mass is 16.3. The Hall–Kier alpha value is -3.39. The van der Waals surface area contributed by atoms with E-state index < -0.39 is 0 Å². The van der Waals surface area contributed by atoms with Crippen LogP contribution in [0.3, 0.4) is 0 Å². The largest absolute Gasteiger partial charge is 0.442 e. The smallest absolute Gasteiger partial charge is 0.229 e. The van der Waals surface area contributed by atoms with Crippen LogP contribution in [0.4, 0.5) is 17.3 Å². The van der Waals surface area contributed by atoms with Gasteiger partial charge in [0.25, 0.3) is 0 Å². The molecule has 1 saturated heterocycles. The number of nitrogens with one attached hydrogen (secondary N) is 2. The third-order valence-electron chi connectivity index (χ3n) is 6.96. The van der Waals surface area contributed by atoms with Crippen molar-refractivity contribution in [1.29, 1.82) is 0 Å². The Bertz CT molecular complexity index is 1230. The molecule has 4 aromatic rings. The van der Waals surface area contributed by atoms with Crippen LogP contribution < -0.4 is 15.5 Å². The molecule has 1 aromatic carbocycles. The Labute approximate surface area is 193 Å². The van der Waals surface area contributed by atoms with E-state index in [-0.39, 0.29) is 0 Å². The average Bonchev–Trinajstić information content (AvgIpc) is 3.61. The fourth-order valence-electron chi connectivity index (χ4n) is 5.26. The van der Waals surface area contributed by atoms with Gasteiger partial charge in [0.1, 0.15) is 5.65 Å². The zero-order valence-corrected chi connectivity index (χ0v) is 18.9. The number of piperazine rings is 1. The molecule has 6 rings (SSSR count). The van der Waals surface area contributed by atoms with Crippen LogP contribution in [0.25, 0.3) is 22.5 Å². The maximum atomic E-state index is 5.71. The topological polar surface area (TPSA) is 84.0 Å². The normalized spacial score (nSPS) is 17.2. The minimum atomic E-state index is 0.419. The quantitative estimate of drug-likeness (QED) is 0.464. The maximum absolute atomic E-state index is 5.71. The van der Waals surface area contributed by atoms with Gasteiger partial charge in [0.05, 0.1) is 11.9 Å². The number of benzene rings is 1. The zero-order chi connectivity index (χ0) is 22.2. The minimum absolute atomic E-state index is 0.419. The second-order valence-corrected chi connectivity index (χ2v) is 8.99. The molecule has 33 heavy (non-hydrogen) atoms. The highest BCUT2D eigenvalue weighted by Crippen LogP contribution is 2.40. The van der Waals surface area contributed by atoms with E-state index in [4.69, 9.17) is 9.40 Å². The number of aromatic nitrogens is 4. The summed E-state index contributed by atoms with van der Waals surface area (Å²) >= 11 is 0. The van der Waals surface area contributed by atoms with Crippen LogP contribution in [-0.4, -0.2) is 45.7 Å². The molecular formula is C25H29N7O. The van der Waals surface area contributed by atoms with Crippen LogP contribution in [0.15, 0.2) is 47.5 Å². The van der Waals surface area contributed by atoms with E-state index in [0.717, 1.165) is 72.8 Å². The first-order chi connectivity index (χ1) is 16.3. The van der Waals surface area contributed by atoms with E-state index >= 15 is 0 Å². The molecule has 8 nitrogen and oxygen atoms in total. The van der Waals surface area contributed by atoms with Crippen molar-refractivity contribution >= 4 is 28.4 Å². The molecule has 0 bridgehead atoms. The summed E-state index contributed by atoms with van der Waals surface area (Å²) in [5.41, 5.74) is 5.41. The molecule has 170 valence electrons. The van der Waals surface area contributed by atoms with E-state index in [1.807, 2.05) is 6.20 Å². The molecular weight excluding hydrogens is 414 g/mol. The Morgan fingerprint density at radius 2 is 1.85 bits per heavy atom. The number of aryl methyl sites for hydroxylation is 1. The number of hydrogen-bond donors (Lipinski definition) is 2. The van der Waals surface area contributed by atoms with Gasteiger partial charge < -0.3 is 24.5 Å². The van der Waals surface area contributed by atoms with Gasteiger partial charge in [-0.1, -0.05) is 12.8 Å². The highest BCUT2D eigenvalue weighted by Gasteiger charge is 2.27. The van der Waals surface area contributed by atoms with Crippen molar-refractivity contribution < 1.29 is 4.42 Å². The maximum Gasteiger partial charge on any atom is 0.229 e. The van der Waals surface area contributed by atoms with Crippen LogP contribution in [0, 0.1) is 6.92 Å². The number of nitrogens with zero attached hydrogens (tertiary/aromatic N) is 5. The average molecular weight is 444 g/mol. The summed E-state index contributed by atoms with van der Waals surface area (Å²) in [5.74, 6) is 1.40. The van der Waals surface area contributed by atoms with E-state index in [0.29, 0.717) is 12.0 Å². The van der Waals surface area contributed by atoms with Gasteiger partial charge in [-0.05, 0) is 49.6 Å².